The van der Waals surface area contributed by atoms with E-state index in [-0.39, 0.29) is 5.24 Å². The van der Waals surface area contributed by atoms with E-state index in [9.17, 15) is 4.79 Å². The van der Waals surface area contributed by atoms with E-state index < -0.39 is 0 Å². The molecule has 0 unspecified atom stereocenters. The van der Waals surface area contributed by atoms with E-state index in [4.69, 9.17) is 11.6 Å². The minimum Gasteiger partial charge on any atom is -0.317 e. The molecular weight excluding hydrogens is 298 g/mol. The molecule has 2 aromatic rings. The molecule has 0 spiro atoms. The second kappa shape index (κ2) is 6.89. The molecule has 0 saturated carbocycles. The second-order valence-electron chi connectivity index (χ2n) is 3.70. The number of benzene rings is 2. The Bertz CT molecular complexity index is 555. The fourth-order valence-electron chi connectivity index (χ4n) is 1.43. The highest BCUT2D eigenvalue weighted by Crippen LogP contribution is 2.23. The number of carbonyl (C=O) groups is 1. The molecule has 19 heavy (non-hydrogen) atoms. The molecule has 0 aliphatic carbocycles. The van der Waals surface area contributed by atoms with Crippen molar-refractivity contribution in [3.05, 3.63) is 53.6 Å². The quantitative estimate of drug-likeness (QED) is 0.771. The molecule has 1 amide bonds. The molecule has 0 fully saturated rings. The fourth-order valence-corrected chi connectivity index (χ4v) is 2.62. The first kappa shape index (κ1) is 14.3. The highest BCUT2D eigenvalue weighted by Gasteiger charge is 2.05. The van der Waals surface area contributed by atoms with Crippen LogP contribution in [0.3, 0.4) is 0 Å². The van der Waals surface area contributed by atoms with Gasteiger partial charge in [0.05, 0.1) is 0 Å². The molecule has 2 nitrogen and oxygen atoms in total. The predicted octanol–water partition coefficient (Wildman–Crippen LogP) is 5.39. The van der Waals surface area contributed by atoms with Gasteiger partial charge in [0.25, 0.3) is 5.24 Å². The monoisotopic (exact) mass is 309 g/mol. The summed E-state index contributed by atoms with van der Waals surface area (Å²) in [5.74, 6) is 0. The number of carbonyl (C=O) groups excluding carboxylic acids is 1. The zero-order chi connectivity index (χ0) is 13.7. The molecule has 0 bridgehead atoms. The Kier molecular flexibility index (Phi) is 5.19. The summed E-state index contributed by atoms with van der Waals surface area (Å²) in [6, 6.07) is 14.9. The summed E-state index contributed by atoms with van der Waals surface area (Å²) >= 11 is 8.61. The summed E-state index contributed by atoms with van der Waals surface area (Å²) in [5.41, 5.74) is 0.796. The van der Waals surface area contributed by atoms with E-state index in [1.807, 2.05) is 42.7 Å². The molecule has 5 heteroatoms. The van der Waals surface area contributed by atoms with Gasteiger partial charge in [-0.25, -0.2) is 0 Å². The van der Waals surface area contributed by atoms with Crippen LogP contribution in [0.1, 0.15) is 0 Å². The Morgan fingerprint density at radius 2 is 1.58 bits per heavy atom. The molecule has 0 aliphatic heterocycles. The molecule has 0 aromatic heterocycles. The molecule has 0 aliphatic rings. The summed E-state index contributed by atoms with van der Waals surface area (Å²) in [5, 5.41) is 3.39. The maximum atomic E-state index is 11.8. The smallest absolute Gasteiger partial charge is 0.288 e. The summed E-state index contributed by atoms with van der Waals surface area (Å²) in [6.07, 6.45) is 2.02. The van der Waals surface area contributed by atoms with Gasteiger partial charge >= 0.3 is 0 Å². The van der Waals surface area contributed by atoms with Crippen LogP contribution >= 0.6 is 35.1 Å². The first-order valence-electron chi connectivity index (χ1n) is 5.56. The van der Waals surface area contributed by atoms with Gasteiger partial charge in [0, 0.05) is 20.5 Å². The van der Waals surface area contributed by atoms with E-state index in [1.165, 1.54) is 4.90 Å². The second-order valence-corrected chi connectivity index (χ2v) is 6.06. The average Bonchev–Trinajstić information content (AvgIpc) is 2.42. The molecular formula is C14H12ClNOS2. The summed E-state index contributed by atoms with van der Waals surface area (Å²) < 4.78 is 0. The first-order chi connectivity index (χ1) is 9.17. The number of nitrogens with one attached hydrogen (secondary N) is 1. The number of halogens is 1. The topological polar surface area (TPSA) is 29.1 Å². The summed E-state index contributed by atoms with van der Waals surface area (Å²) in [6.45, 7) is 0. The van der Waals surface area contributed by atoms with Crippen molar-refractivity contribution < 1.29 is 4.79 Å². The van der Waals surface area contributed by atoms with Crippen LogP contribution in [0.2, 0.25) is 5.02 Å². The highest BCUT2D eigenvalue weighted by atomic mass is 35.5. The van der Waals surface area contributed by atoms with Gasteiger partial charge in [-0.2, -0.15) is 0 Å². The SMILES string of the molecule is CSc1ccc(NC(=O)Sc2ccc(Cl)cc2)cc1. The molecule has 0 atom stereocenters. The number of amides is 1. The van der Waals surface area contributed by atoms with E-state index in [2.05, 4.69) is 5.32 Å². The van der Waals surface area contributed by atoms with Gasteiger partial charge in [-0.05, 0) is 66.5 Å². The first-order valence-corrected chi connectivity index (χ1v) is 7.98. The third-order valence-corrected chi connectivity index (χ3v) is 4.15. The molecule has 98 valence electrons. The van der Waals surface area contributed by atoms with Gasteiger partial charge in [-0.1, -0.05) is 11.6 Å². The largest absolute Gasteiger partial charge is 0.317 e. The number of thioether (sulfide) groups is 2. The molecule has 0 saturated heterocycles. The van der Waals surface area contributed by atoms with Crippen molar-refractivity contribution >= 4 is 46.1 Å². The van der Waals surface area contributed by atoms with Crippen LogP contribution < -0.4 is 5.32 Å². The third kappa shape index (κ3) is 4.49. The van der Waals surface area contributed by atoms with Gasteiger partial charge < -0.3 is 5.32 Å². The van der Waals surface area contributed by atoms with E-state index in [1.54, 1.807) is 23.9 Å². The van der Waals surface area contributed by atoms with E-state index in [0.717, 1.165) is 22.3 Å². The number of anilines is 1. The maximum absolute atomic E-state index is 11.8. The predicted molar refractivity (Wildman–Crippen MR) is 84.6 cm³/mol. The lowest BCUT2D eigenvalue weighted by Crippen LogP contribution is -2.04. The summed E-state index contributed by atoms with van der Waals surface area (Å²) in [7, 11) is 0. The van der Waals surface area contributed by atoms with E-state index in [0.29, 0.717) is 5.02 Å². The molecule has 0 heterocycles. The van der Waals surface area contributed by atoms with Crippen LogP contribution in [-0.2, 0) is 0 Å². The molecule has 2 aromatic carbocycles. The lowest BCUT2D eigenvalue weighted by Gasteiger charge is -2.05. The number of hydrogen-bond acceptors (Lipinski definition) is 3. The van der Waals surface area contributed by atoms with Crippen molar-refractivity contribution in [1.29, 1.82) is 0 Å². The van der Waals surface area contributed by atoms with Gasteiger partial charge in [0.1, 0.15) is 0 Å². The van der Waals surface area contributed by atoms with Crippen LogP contribution in [0.25, 0.3) is 0 Å². The van der Waals surface area contributed by atoms with Crippen LogP contribution in [0.4, 0.5) is 10.5 Å². The van der Waals surface area contributed by atoms with Crippen molar-refractivity contribution in [3.63, 3.8) is 0 Å². The molecule has 1 N–H and O–H groups in total. The minimum absolute atomic E-state index is 0.112. The minimum atomic E-state index is -0.112. The normalized spacial score (nSPS) is 10.2. The van der Waals surface area contributed by atoms with E-state index >= 15 is 0 Å². The lowest BCUT2D eigenvalue weighted by atomic mass is 10.3. The summed E-state index contributed by atoms with van der Waals surface area (Å²) in [4.78, 5) is 13.9. The van der Waals surface area contributed by atoms with Crippen molar-refractivity contribution in [2.45, 2.75) is 9.79 Å². The Hall–Kier alpha value is -1.10. The van der Waals surface area contributed by atoms with Crippen LogP contribution in [0.5, 0.6) is 0 Å². The van der Waals surface area contributed by atoms with Crippen LogP contribution in [-0.4, -0.2) is 11.5 Å². The van der Waals surface area contributed by atoms with Gasteiger partial charge in [0.15, 0.2) is 0 Å². The van der Waals surface area contributed by atoms with Crippen LogP contribution in [0.15, 0.2) is 58.3 Å². The van der Waals surface area contributed by atoms with Gasteiger partial charge in [0.2, 0.25) is 0 Å². The molecule has 2 rings (SSSR count). The van der Waals surface area contributed by atoms with Crippen molar-refractivity contribution in [1.82, 2.24) is 0 Å². The average molecular weight is 310 g/mol. The van der Waals surface area contributed by atoms with Gasteiger partial charge in [-0.15, -0.1) is 11.8 Å². The van der Waals surface area contributed by atoms with Crippen LogP contribution in [0, 0.1) is 0 Å². The Morgan fingerprint density at radius 1 is 1.00 bits per heavy atom. The maximum Gasteiger partial charge on any atom is 0.288 e. The fraction of sp³-hybridized carbons (Fsp3) is 0.0714. The lowest BCUT2D eigenvalue weighted by molar-refractivity contribution is 0.270. The van der Waals surface area contributed by atoms with Crippen molar-refractivity contribution in [3.8, 4) is 0 Å². The Morgan fingerprint density at radius 3 is 2.16 bits per heavy atom. The highest BCUT2D eigenvalue weighted by molar-refractivity contribution is 8.13. The Balaban J connectivity index is 1.95. The van der Waals surface area contributed by atoms with Gasteiger partial charge in [-0.3, -0.25) is 4.79 Å². The zero-order valence-corrected chi connectivity index (χ0v) is 12.6. The van der Waals surface area contributed by atoms with Crippen molar-refractivity contribution in [2.24, 2.45) is 0 Å². The zero-order valence-electron chi connectivity index (χ0n) is 10.2. The van der Waals surface area contributed by atoms with Crippen molar-refractivity contribution in [2.75, 3.05) is 11.6 Å². The molecule has 0 radical (unpaired) electrons. The number of rotatable bonds is 3. The third-order valence-electron chi connectivity index (χ3n) is 2.36. The standard InChI is InChI=1S/C14H12ClNOS2/c1-18-12-8-4-11(5-9-12)16-14(17)19-13-6-2-10(15)3-7-13/h2-9H,1H3,(H,16,17). The number of hydrogen-bond donors (Lipinski definition) is 1. The Labute approximate surface area is 125 Å².